The monoisotopic (exact) mass is 430 g/mol. The van der Waals surface area contributed by atoms with Crippen LogP contribution in [0.25, 0.3) is 0 Å². The lowest BCUT2D eigenvalue weighted by molar-refractivity contribution is 0.238. The topological polar surface area (TPSA) is 59.5 Å². The van der Waals surface area contributed by atoms with Crippen LogP contribution in [0.2, 0.25) is 0 Å². The molecular weight excluding hydrogens is 407 g/mol. The SMILES string of the molecule is COc1cccc(CN2CCc3nc(Nc4ccc(F)cc4)ncc3C2)c1OC.Cl. The summed E-state index contributed by atoms with van der Waals surface area (Å²) in [6.07, 6.45) is 2.70. The molecule has 1 aromatic heterocycles. The van der Waals surface area contributed by atoms with Crippen molar-refractivity contribution < 1.29 is 13.9 Å². The van der Waals surface area contributed by atoms with Gasteiger partial charge in [0.2, 0.25) is 5.95 Å². The zero-order valence-electron chi connectivity index (χ0n) is 16.9. The van der Waals surface area contributed by atoms with Crippen molar-refractivity contribution in [1.29, 1.82) is 0 Å². The number of hydrogen-bond acceptors (Lipinski definition) is 6. The van der Waals surface area contributed by atoms with Gasteiger partial charge in [-0.15, -0.1) is 12.4 Å². The lowest BCUT2D eigenvalue weighted by Crippen LogP contribution is -2.31. The Bertz CT molecular complexity index is 1000. The minimum Gasteiger partial charge on any atom is -0.493 e. The van der Waals surface area contributed by atoms with Crippen LogP contribution in [-0.2, 0) is 19.5 Å². The molecule has 1 aliphatic rings. The number of hydrogen-bond donors (Lipinski definition) is 1. The second-order valence-corrected chi connectivity index (χ2v) is 6.91. The summed E-state index contributed by atoms with van der Waals surface area (Å²) in [7, 11) is 3.31. The number of aromatic nitrogens is 2. The average Bonchev–Trinajstić information content (AvgIpc) is 2.75. The number of rotatable bonds is 6. The normalized spacial score (nSPS) is 13.2. The van der Waals surface area contributed by atoms with Crippen LogP contribution in [0.3, 0.4) is 0 Å². The molecule has 0 saturated heterocycles. The Balaban J connectivity index is 0.00000256. The number of nitrogens with one attached hydrogen (secondary N) is 1. The predicted molar refractivity (Wildman–Crippen MR) is 116 cm³/mol. The molecule has 158 valence electrons. The van der Waals surface area contributed by atoms with Crippen molar-refractivity contribution >= 4 is 24.0 Å². The summed E-state index contributed by atoms with van der Waals surface area (Å²) in [5.41, 5.74) is 4.00. The number of para-hydroxylation sites is 1. The molecule has 0 radical (unpaired) electrons. The molecule has 0 fully saturated rings. The highest BCUT2D eigenvalue weighted by Crippen LogP contribution is 2.32. The van der Waals surface area contributed by atoms with Gasteiger partial charge < -0.3 is 14.8 Å². The van der Waals surface area contributed by atoms with Crippen LogP contribution in [0.4, 0.5) is 16.0 Å². The molecule has 0 saturated carbocycles. The zero-order chi connectivity index (χ0) is 20.2. The van der Waals surface area contributed by atoms with Crippen molar-refractivity contribution in [1.82, 2.24) is 14.9 Å². The predicted octanol–water partition coefficient (Wildman–Crippen LogP) is 4.36. The molecule has 0 spiro atoms. The van der Waals surface area contributed by atoms with Gasteiger partial charge in [0.25, 0.3) is 0 Å². The van der Waals surface area contributed by atoms with E-state index in [1.807, 2.05) is 18.3 Å². The van der Waals surface area contributed by atoms with Crippen molar-refractivity contribution in [2.45, 2.75) is 19.5 Å². The summed E-state index contributed by atoms with van der Waals surface area (Å²) in [5, 5.41) is 3.13. The van der Waals surface area contributed by atoms with E-state index in [2.05, 4.69) is 26.3 Å². The van der Waals surface area contributed by atoms with Gasteiger partial charge in [-0.2, -0.15) is 0 Å². The Morgan fingerprint density at radius 1 is 1.10 bits per heavy atom. The van der Waals surface area contributed by atoms with E-state index < -0.39 is 0 Å². The van der Waals surface area contributed by atoms with E-state index in [1.54, 1.807) is 26.4 Å². The Kier molecular flexibility index (Phi) is 7.07. The molecular formula is C22H24ClFN4O2. The molecule has 6 nitrogen and oxygen atoms in total. The van der Waals surface area contributed by atoms with Crippen LogP contribution in [0.1, 0.15) is 16.8 Å². The lowest BCUT2D eigenvalue weighted by Gasteiger charge is -2.28. The van der Waals surface area contributed by atoms with E-state index in [0.29, 0.717) is 5.95 Å². The van der Waals surface area contributed by atoms with E-state index in [0.717, 1.165) is 60.1 Å². The van der Waals surface area contributed by atoms with E-state index in [4.69, 9.17) is 9.47 Å². The Labute approximate surface area is 181 Å². The quantitative estimate of drug-likeness (QED) is 0.627. The van der Waals surface area contributed by atoms with Crippen molar-refractivity contribution in [2.75, 3.05) is 26.1 Å². The highest BCUT2D eigenvalue weighted by atomic mass is 35.5. The van der Waals surface area contributed by atoms with Crippen LogP contribution in [0.15, 0.2) is 48.7 Å². The van der Waals surface area contributed by atoms with Gasteiger partial charge in [0.1, 0.15) is 5.82 Å². The van der Waals surface area contributed by atoms with Gasteiger partial charge in [-0.3, -0.25) is 4.90 Å². The van der Waals surface area contributed by atoms with Crippen molar-refractivity contribution in [3.63, 3.8) is 0 Å². The van der Waals surface area contributed by atoms with Crippen LogP contribution in [0.5, 0.6) is 11.5 Å². The summed E-state index contributed by atoms with van der Waals surface area (Å²) < 4.78 is 24.0. The first kappa shape index (κ1) is 21.8. The van der Waals surface area contributed by atoms with Gasteiger partial charge in [-0.25, -0.2) is 14.4 Å². The lowest BCUT2D eigenvalue weighted by atomic mass is 10.1. The van der Waals surface area contributed by atoms with E-state index >= 15 is 0 Å². The van der Waals surface area contributed by atoms with E-state index in [-0.39, 0.29) is 18.2 Å². The average molecular weight is 431 g/mol. The summed E-state index contributed by atoms with van der Waals surface area (Å²) in [5.74, 6) is 1.77. The molecule has 4 rings (SSSR count). The first-order valence-electron chi connectivity index (χ1n) is 9.46. The van der Waals surface area contributed by atoms with Gasteiger partial charge in [0.05, 0.1) is 19.9 Å². The minimum absolute atomic E-state index is 0. The number of fused-ring (bicyclic) bond motifs is 1. The van der Waals surface area contributed by atoms with Crippen LogP contribution in [-0.4, -0.2) is 35.6 Å². The summed E-state index contributed by atoms with van der Waals surface area (Å²) in [4.78, 5) is 11.4. The highest BCUT2D eigenvalue weighted by molar-refractivity contribution is 5.85. The van der Waals surface area contributed by atoms with Crippen LogP contribution in [0, 0.1) is 5.82 Å². The van der Waals surface area contributed by atoms with Gasteiger partial charge in [0, 0.05) is 49.1 Å². The second-order valence-electron chi connectivity index (χ2n) is 6.91. The number of ether oxygens (including phenoxy) is 2. The number of methoxy groups -OCH3 is 2. The molecule has 3 aromatic rings. The fourth-order valence-electron chi connectivity index (χ4n) is 3.55. The molecule has 2 heterocycles. The Hall–Kier alpha value is -2.90. The third kappa shape index (κ3) is 4.80. The molecule has 0 bridgehead atoms. The molecule has 0 unspecified atom stereocenters. The number of benzene rings is 2. The molecule has 2 aromatic carbocycles. The standard InChI is InChI=1S/C22H23FN4O2.ClH/c1-28-20-5-3-4-15(21(20)29-2)13-27-11-10-19-16(14-27)12-24-22(26-19)25-18-8-6-17(23)7-9-18;/h3-9,12H,10-11,13-14H2,1-2H3,(H,24,25,26);1H. The summed E-state index contributed by atoms with van der Waals surface area (Å²) >= 11 is 0. The molecule has 0 atom stereocenters. The largest absolute Gasteiger partial charge is 0.493 e. The zero-order valence-corrected chi connectivity index (χ0v) is 17.7. The number of halogens is 2. The van der Waals surface area contributed by atoms with Gasteiger partial charge >= 0.3 is 0 Å². The van der Waals surface area contributed by atoms with Gasteiger partial charge in [-0.1, -0.05) is 12.1 Å². The molecule has 8 heteroatoms. The maximum atomic E-state index is 13.1. The number of nitrogens with zero attached hydrogens (tertiary/aromatic N) is 3. The molecule has 0 amide bonds. The van der Waals surface area contributed by atoms with Crippen LogP contribution >= 0.6 is 12.4 Å². The minimum atomic E-state index is -0.269. The third-order valence-electron chi connectivity index (χ3n) is 4.99. The van der Waals surface area contributed by atoms with Gasteiger partial charge in [0.15, 0.2) is 11.5 Å². The molecule has 1 aliphatic heterocycles. The Morgan fingerprint density at radius 3 is 2.63 bits per heavy atom. The Morgan fingerprint density at radius 2 is 1.90 bits per heavy atom. The highest BCUT2D eigenvalue weighted by Gasteiger charge is 2.20. The first-order chi connectivity index (χ1) is 14.2. The molecule has 0 aliphatic carbocycles. The number of anilines is 2. The summed E-state index contributed by atoms with van der Waals surface area (Å²) in [6.45, 7) is 2.42. The second kappa shape index (κ2) is 9.73. The third-order valence-corrected chi connectivity index (χ3v) is 4.99. The molecule has 30 heavy (non-hydrogen) atoms. The van der Waals surface area contributed by atoms with Crippen molar-refractivity contribution in [3.8, 4) is 11.5 Å². The van der Waals surface area contributed by atoms with Crippen molar-refractivity contribution in [3.05, 3.63) is 71.3 Å². The van der Waals surface area contributed by atoms with Crippen molar-refractivity contribution in [2.24, 2.45) is 0 Å². The molecule has 1 N–H and O–H groups in total. The van der Waals surface area contributed by atoms with E-state index in [9.17, 15) is 4.39 Å². The fraction of sp³-hybridized carbons (Fsp3) is 0.273. The van der Waals surface area contributed by atoms with E-state index in [1.165, 1.54) is 12.1 Å². The maximum absolute atomic E-state index is 13.1. The van der Waals surface area contributed by atoms with Crippen LogP contribution < -0.4 is 14.8 Å². The fourth-order valence-corrected chi connectivity index (χ4v) is 3.55. The summed E-state index contributed by atoms with van der Waals surface area (Å²) in [6, 6.07) is 12.1. The first-order valence-corrected chi connectivity index (χ1v) is 9.46. The smallest absolute Gasteiger partial charge is 0.227 e. The maximum Gasteiger partial charge on any atom is 0.227 e. The van der Waals surface area contributed by atoms with Gasteiger partial charge in [-0.05, 0) is 30.3 Å².